The molecule has 2 heterocycles. The van der Waals surface area contributed by atoms with Gasteiger partial charge in [-0.05, 0) is 79.2 Å². The van der Waals surface area contributed by atoms with Crippen LogP contribution in [0, 0.1) is 13.8 Å². The van der Waals surface area contributed by atoms with Gasteiger partial charge in [0.05, 0.1) is 10.6 Å². The Morgan fingerprint density at radius 3 is 2.37 bits per heavy atom. The Balaban J connectivity index is 1.69. The van der Waals surface area contributed by atoms with Crippen molar-refractivity contribution in [2.45, 2.75) is 13.8 Å². The molecule has 0 unspecified atom stereocenters. The maximum absolute atomic E-state index is 12.8. The molecule has 0 N–H and O–H groups in total. The molecular weight excluding hydrogens is 356 g/mol. The Morgan fingerprint density at radius 1 is 0.852 bits per heavy atom. The lowest BCUT2D eigenvalue weighted by Crippen LogP contribution is -2.27. The van der Waals surface area contributed by atoms with Gasteiger partial charge < -0.3 is 4.57 Å². The van der Waals surface area contributed by atoms with Gasteiger partial charge >= 0.3 is 0 Å². The third kappa shape index (κ3) is 3.22. The number of aromatic nitrogens is 1. The van der Waals surface area contributed by atoms with E-state index >= 15 is 0 Å². The summed E-state index contributed by atoms with van der Waals surface area (Å²) in [7, 11) is 0. The minimum Gasteiger partial charge on any atom is -0.317 e. The highest BCUT2D eigenvalue weighted by Crippen LogP contribution is 2.35. The van der Waals surface area contributed by atoms with Gasteiger partial charge in [-0.25, -0.2) is 4.90 Å². The fourth-order valence-corrected chi connectivity index (χ4v) is 3.85. The molecule has 1 saturated heterocycles. The lowest BCUT2D eigenvalue weighted by molar-refractivity contribution is -0.113. The van der Waals surface area contributed by atoms with E-state index in [0.29, 0.717) is 10.6 Å². The Kier molecular flexibility index (Phi) is 4.46. The van der Waals surface area contributed by atoms with Gasteiger partial charge in [0.15, 0.2) is 0 Å². The van der Waals surface area contributed by atoms with Gasteiger partial charge in [-0.1, -0.05) is 24.3 Å². The van der Waals surface area contributed by atoms with Crippen molar-refractivity contribution in [2.75, 3.05) is 4.90 Å². The lowest BCUT2D eigenvalue weighted by atomic mass is 10.1. The van der Waals surface area contributed by atoms with E-state index in [9.17, 15) is 9.59 Å². The summed E-state index contributed by atoms with van der Waals surface area (Å²) in [5.74, 6) is -0.288. The fourth-order valence-electron chi connectivity index (χ4n) is 3.02. The van der Waals surface area contributed by atoms with Crippen molar-refractivity contribution < 1.29 is 9.59 Å². The molecule has 1 fully saturated rings. The topological polar surface area (TPSA) is 42.3 Å². The molecule has 2 aromatic carbocycles. The summed E-state index contributed by atoms with van der Waals surface area (Å²) in [6, 6.07) is 19.1. The highest BCUT2D eigenvalue weighted by molar-refractivity contribution is 8.19. The summed E-state index contributed by atoms with van der Waals surface area (Å²) in [6.07, 6.45) is 3.74. The molecule has 134 valence electrons. The third-order valence-corrected chi connectivity index (χ3v) is 5.51. The summed E-state index contributed by atoms with van der Waals surface area (Å²) < 4.78 is 2.02. The molecule has 2 amide bonds. The number of hydrogen-bond acceptors (Lipinski definition) is 3. The molecule has 0 aliphatic carbocycles. The molecule has 3 aromatic rings. The van der Waals surface area contributed by atoms with Crippen molar-refractivity contribution in [1.29, 1.82) is 0 Å². The van der Waals surface area contributed by atoms with E-state index in [1.165, 1.54) is 16.0 Å². The Bertz CT molecular complexity index is 1070. The van der Waals surface area contributed by atoms with Crippen LogP contribution in [0.4, 0.5) is 10.5 Å². The molecule has 5 heteroatoms. The number of carbonyl (C=O) groups excluding carboxylic acids is 2. The second-order valence-electron chi connectivity index (χ2n) is 6.42. The van der Waals surface area contributed by atoms with Crippen LogP contribution in [0.1, 0.15) is 16.8 Å². The van der Waals surface area contributed by atoms with Crippen molar-refractivity contribution in [1.82, 2.24) is 4.57 Å². The molecule has 0 spiro atoms. The maximum atomic E-state index is 12.8. The first-order chi connectivity index (χ1) is 13.0. The number of anilines is 1. The van der Waals surface area contributed by atoms with Crippen LogP contribution >= 0.6 is 11.8 Å². The zero-order valence-electron chi connectivity index (χ0n) is 15.0. The van der Waals surface area contributed by atoms with E-state index in [2.05, 4.69) is 32.0 Å². The molecule has 0 atom stereocenters. The summed E-state index contributed by atoms with van der Waals surface area (Å²) >= 11 is 0.970. The van der Waals surface area contributed by atoms with E-state index < -0.39 is 0 Å². The molecule has 1 aliphatic rings. The first kappa shape index (κ1) is 17.4. The minimum atomic E-state index is -0.288. The number of imide groups is 1. The second-order valence-corrected chi connectivity index (χ2v) is 7.42. The van der Waals surface area contributed by atoms with Gasteiger partial charge in [0.25, 0.3) is 11.1 Å². The van der Waals surface area contributed by atoms with Crippen LogP contribution in [0.3, 0.4) is 0 Å². The van der Waals surface area contributed by atoms with E-state index in [-0.39, 0.29) is 11.1 Å². The average molecular weight is 374 g/mol. The fraction of sp³-hybridized carbons (Fsp3) is 0.0909. The summed E-state index contributed by atoms with van der Waals surface area (Å²) in [6.45, 7) is 4.16. The first-order valence-electron chi connectivity index (χ1n) is 8.62. The van der Waals surface area contributed by atoms with E-state index in [1.54, 1.807) is 18.2 Å². The van der Waals surface area contributed by atoms with Gasteiger partial charge in [0.2, 0.25) is 0 Å². The van der Waals surface area contributed by atoms with Crippen molar-refractivity contribution in [3.05, 3.63) is 88.6 Å². The zero-order valence-corrected chi connectivity index (χ0v) is 15.9. The Labute approximate surface area is 162 Å². The van der Waals surface area contributed by atoms with E-state index in [4.69, 9.17) is 0 Å². The van der Waals surface area contributed by atoms with Gasteiger partial charge in [0, 0.05) is 17.6 Å². The van der Waals surface area contributed by atoms with E-state index in [0.717, 1.165) is 23.1 Å². The smallest absolute Gasteiger partial charge is 0.298 e. The number of nitrogens with zero attached hydrogens (tertiary/aromatic N) is 2. The monoisotopic (exact) mass is 374 g/mol. The molecule has 4 nitrogen and oxygen atoms in total. The number of para-hydroxylation sites is 1. The van der Waals surface area contributed by atoms with Gasteiger partial charge in [0.1, 0.15) is 0 Å². The molecule has 0 bridgehead atoms. The third-order valence-electron chi connectivity index (χ3n) is 4.64. The van der Waals surface area contributed by atoms with E-state index in [1.807, 2.05) is 41.1 Å². The van der Waals surface area contributed by atoms with Crippen molar-refractivity contribution in [3.8, 4) is 5.69 Å². The standard InChI is InChI=1S/C22H18N2O2S/c1-15-10-11-19(13-16(15)2)23-12-6-9-18(23)14-20-21(25)24(22(26)27-20)17-7-4-3-5-8-17/h3-14H,1-2H3/b20-14+. The predicted molar refractivity (Wildman–Crippen MR) is 110 cm³/mol. The number of carbonyl (C=O) groups is 2. The van der Waals surface area contributed by atoms with Crippen LogP contribution < -0.4 is 4.90 Å². The molecule has 0 saturated carbocycles. The number of hydrogen-bond donors (Lipinski definition) is 0. The molecule has 1 aliphatic heterocycles. The second kappa shape index (κ2) is 6.93. The Hall–Kier alpha value is -3.05. The van der Waals surface area contributed by atoms with Crippen LogP contribution in [-0.4, -0.2) is 15.7 Å². The minimum absolute atomic E-state index is 0.276. The molecule has 27 heavy (non-hydrogen) atoms. The maximum Gasteiger partial charge on any atom is 0.298 e. The molecular formula is C22H18N2O2S. The molecule has 4 rings (SSSR count). The number of benzene rings is 2. The van der Waals surface area contributed by atoms with Gasteiger partial charge in [-0.3, -0.25) is 9.59 Å². The zero-order chi connectivity index (χ0) is 19.0. The van der Waals surface area contributed by atoms with Crippen LogP contribution in [0.15, 0.2) is 71.8 Å². The normalized spacial score (nSPS) is 15.8. The van der Waals surface area contributed by atoms with Crippen molar-refractivity contribution >= 4 is 34.7 Å². The first-order valence-corrected chi connectivity index (χ1v) is 9.44. The SMILES string of the molecule is Cc1ccc(-n2cccc2/C=C2/SC(=O)N(c3ccccc3)C2=O)cc1C. The summed E-state index contributed by atoms with van der Waals surface area (Å²) in [5, 5.41) is -0.276. The highest BCUT2D eigenvalue weighted by Gasteiger charge is 2.36. The van der Waals surface area contributed by atoms with Gasteiger partial charge in [-0.2, -0.15) is 0 Å². The Morgan fingerprint density at radius 2 is 1.63 bits per heavy atom. The lowest BCUT2D eigenvalue weighted by Gasteiger charge is -2.12. The quantitative estimate of drug-likeness (QED) is 0.582. The average Bonchev–Trinajstić information content (AvgIpc) is 3.23. The van der Waals surface area contributed by atoms with Gasteiger partial charge in [-0.15, -0.1) is 0 Å². The van der Waals surface area contributed by atoms with Crippen LogP contribution in [0.5, 0.6) is 0 Å². The summed E-state index contributed by atoms with van der Waals surface area (Å²) in [4.78, 5) is 26.8. The number of amides is 2. The number of thioether (sulfide) groups is 1. The van der Waals surface area contributed by atoms with Crippen LogP contribution in [0.25, 0.3) is 11.8 Å². The van der Waals surface area contributed by atoms with Crippen LogP contribution in [-0.2, 0) is 4.79 Å². The highest BCUT2D eigenvalue weighted by atomic mass is 32.2. The van der Waals surface area contributed by atoms with Crippen LogP contribution in [0.2, 0.25) is 0 Å². The summed E-state index contributed by atoms with van der Waals surface area (Å²) in [5.41, 5.74) is 4.91. The molecule has 0 radical (unpaired) electrons. The number of aryl methyl sites for hydroxylation is 2. The number of rotatable bonds is 3. The molecule has 1 aromatic heterocycles. The van der Waals surface area contributed by atoms with Crippen molar-refractivity contribution in [2.24, 2.45) is 0 Å². The predicted octanol–water partition coefficient (Wildman–Crippen LogP) is 5.34. The van der Waals surface area contributed by atoms with Crippen molar-refractivity contribution in [3.63, 3.8) is 0 Å². The largest absolute Gasteiger partial charge is 0.317 e.